The van der Waals surface area contributed by atoms with Crippen LogP contribution in [0.3, 0.4) is 0 Å². The summed E-state index contributed by atoms with van der Waals surface area (Å²) in [7, 11) is 0. The second-order valence-electron chi connectivity index (χ2n) is 1.74. The van der Waals surface area contributed by atoms with Gasteiger partial charge in [0.15, 0.2) is 6.17 Å². The van der Waals surface area contributed by atoms with Crippen LogP contribution in [0.5, 0.6) is 0 Å². The molecule has 1 atom stereocenters. The van der Waals surface area contributed by atoms with E-state index in [9.17, 15) is 17.6 Å². The lowest BCUT2D eigenvalue weighted by Crippen LogP contribution is -2.30. The summed E-state index contributed by atoms with van der Waals surface area (Å²) in [6.45, 7) is -0.497. The van der Waals surface area contributed by atoms with Crippen molar-refractivity contribution in [3.63, 3.8) is 0 Å². The van der Waals surface area contributed by atoms with Crippen LogP contribution in [0.2, 0.25) is 0 Å². The van der Waals surface area contributed by atoms with Gasteiger partial charge in [0.25, 0.3) is 5.92 Å². The van der Waals surface area contributed by atoms with Crippen LogP contribution in [0, 0.1) is 0 Å². The second kappa shape index (κ2) is 3.03. The maximum Gasteiger partial charge on any atom is 0.281 e. The molecule has 0 spiro atoms. The van der Waals surface area contributed by atoms with Gasteiger partial charge in [0, 0.05) is 6.42 Å². The van der Waals surface area contributed by atoms with Gasteiger partial charge < -0.3 is 0 Å². The topological polar surface area (TPSA) is 0 Å². The largest absolute Gasteiger partial charge is 0.281 e. The van der Waals surface area contributed by atoms with Gasteiger partial charge in [-0.25, -0.2) is 17.6 Å². The van der Waals surface area contributed by atoms with Crippen molar-refractivity contribution in [3.05, 3.63) is 0 Å². The monoisotopic (exact) mass is 144 g/mol. The third kappa shape index (κ3) is 2.20. The Balaban J connectivity index is 3.80. The summed E-state index contributed by atoms with van der Waals surface area (Å²) in [5, 5.41) is 0. The van der Waals surface area contributed by atoms with Gasteiger partial charge in [0.1, 0.15) is 6.67 Å². The van der Waals surface area contributed by atoms with Crippen LogP contribution in [-0.2, 0) is 0 Å². The molecule has 0 bridgehead atoms. The van der Waals surface area contributed by atoms with E-state index in [2.05, 4.69) is 0 Å². The van der Waals surface area contributed by atoms with Gasteiger partial charge in [0.2, 0.25) is 0 Å². The first-order valence-electron chi connectivity index (χ1n) is 2.62. The maximum atomic E-state index is 11.9. The molecule has 9 heavy (non-hydrogen) atoms. The second-order valence-corrected chi connectivity index (χ2v) is 1.74. The summed E-state index contributed by atoms with van der Waals surface area (Å²) in [6.07, 6.45) is -3.29. The molecule has 0 aromatic carbocycles. The van der Waals surface area contributed by atoms with E-state index in [-0.39, 0.29) is 0 Å². The number of halogens is 4. The average molecular weight is 144 g/mol. The molecule has 0 aromatic heterocycles. The van der Waals surface area contributed by atoms with Gasteiger partial charge in [0.05, 0.1) is 0 Å². The Labute approximate surface area is 50.9 Å². The first-order chi connectivity index (χ1) is 4.04. The lowest BCUT2D eigenvalue weighted by Gasteiger charge is -2.15. The molecule has 0 nitrogen and oxygen atoms in total. The van der Waals surface area contributed by atoms with Crippen molar-refractivity contribution in [2.75, 3.05) is 6.67 Å². The molecule has 0 rings (SSSR count). The highest BCUT2D eigenvalue weighted by molar-refractivity contribution is 4.73. The predicted octanol–water partition coefficient (Wildman–Crippen LogP) is 2.34. The molecule has 0 saturated carbocycles. The minimum absolute atomic E-state index is 0.655. The van der Waals surface area contributed by atoms with Gasteiger partial charge in [-0.15, -0.1) is 0 Å². The molecule has 0 aliphatic heterocycles. The van der Waals surface area contributed by atoms with Crippen LogP contribution in [0.25, 0.3) is 0 Å². The van der Waals surface area contributed by atoms with Crippen molar-refractivity contribution in [3.8, 4) is 0 Å². The molecule has 0 aromatic rings. The molecule has 0 amide bonds. The minimum atomic E-state index is -3.49. The molecule has 0 fully saturated rings. The smallest absolute Gasteiger partial charge is 0.248 e. The highest BCUT2D eigenvalue weighted by Crippen LogP contribution is 2.25. The summed E-state index contributed by atoms with van der Waals surface area (Å²) < 4.78 is 46.9. The molecule has 0 aliphatic carbocycles. The first-order valence-corrected chi connectivity index (χ1v) is 2.62. The molecule has 4 heteroatoms. The summed E-state index contributed by atoms with van der Waals surface area (Å²) in [6, 6.07) is 0. The van der Waals surface area contributed by atoms with Gasteiger partial charge in [-0.1, -0.05) is 6.92 Å². The summed E-state index contributed by atoms with van der Waals surface area (Å²) in [5.41, 5.74) is 0. The van der Waals surface area contributed by atoms with E-state index >= 15 is 0 Å². The number of rotatable bonds is 3. The fraction of sp³-hybridized carbons (Fsp3) is 1.00. The van der Waals surface area contributed by atoms with E-state index in [4.69, 9.17) is 0 Å². The average Bonchev–Trinajstić information content (AvgIpc) is 1.86. The molecule has 0 aliphatic rings. The van der Waals surface area contributed by atoms with Crippen LogP contribution in [0.15, 0.2) is 0 Å². The fourth-order valence-corrected chi connectivity index (χ4v) is 0.334. The Bertz CT molecular complexity index is 81.0. The quantitative estimate of drug-likeness (QED) is 0.533. The fourth-order valence-electron chi connectivity index (χ4n) is 0.334. The zero-order chi connectivity index (χ0) is 7.49. The summed E-state index contributed by atoms with van der Waals surface area (Å²) in [4.78, 5) is 0. The standard InChI is InChI=1S/C5H8F4/c1-2-5(8,9)4(7)3-6/h4H,2-3H2,1H3. The number of hydrogen-bond donors (Lipinski definition) is 0. The summed E-state index contributed by atoms with van der Waals surface area (Å²) >= 11 is 0. The van der Waals surface area contributed by atoms with Crippen LogP contribution in [-0.4, -0.2) is 18.8 Å². The molecular weight excluding hydrogens is 136 g/mol. The Morgan fingerprint density at radius 3 is 2.00 bits per heavy atom. The lowest BCUT2D eigenvalue weighted by molar-refractivity contribution is -0.0814. The molecule has 56 valence electrons. The molecular formula is C5H8F4. The van der Waals surface area contributed by atoms with E-state index in [1.807, 2.05) is 0 Å². The minimum Gasteiger partial charge on any atom is -0.248 e. The number of hydrogen-bond acceptors (Lipinski definition) is 0. The van der Waals surface area contributed by atoms with E-state index in [0.29, 0.717) is 0 Å². The molecule has 0 heterocycles. The normalized spacial score (nSPS) is 15.7. The van der Waals surface area contributed by atoms with Gasteiger partial charge >= 0.3 is 0 Å². The molecule has 0 saturated heterocycles. The Hall–Kier alpha value is -0.280. The SMILES string of the molecule is CCC(F)(F)C(F)CF. The van der Waals surface area contributed by atoms with Crippen molar-refractivity contribution >= 4 is 0 Å². The summed E-state index contributed by atoms with van der Waals surface area (Å²) in [5.74, 6) is -3.49. The lowest BCUT2D eigenvalue weighted by atomic mass is 10.2. The maximum absolute atomic E-state index is 11.9. The van der Waals surface area contributed by atoms with Crippen molar-refractivity contribution in [1.82, 2.24) is 0 Å². The third-order valence-corrected chi connectivity index (χ3v) is 1.07. The van der Waals surface area contributed by atoms with Gasteiger partial charge in [-0.3, -0.25) is 0 Å². The molecule has 0 N–H and O–H groups in total. The van der Waals surface area contributed by atoms with Gasteiger partial charge in [-0.2, -0.15) is 0 Å². The third-order valence-electron chi connectivity index (χ3n) is 1.07. The molecule has 0 radical (unpaired) electrons. The van der Waals surface area contributed by atoms with Crippen LogP contribution in [0.1, 0.15) is 13.3 Å². The van der Waals surface area contributed by atoms with Crippen molar-refractivity contribution in [2.24, 2.45) is 0 Å². The van der Waals surface area contributed by atoms with E-state index in [1.165, 1.54) is 0 Å². The zero-order valence-corrected chi connectivity index (χ0v) is 5.00. The number of alkyl halides is 4. The van der Waals surface area contributed by atoms with E-state index in [1.54, 1.807) is 0 Å². The Morgan fingerprint density at radius 1 is 1.44 bits per heavy atom. The Kier molecular flexibility index (Phi) is 2.94. The van der Waals surface area contributed by atoms with Crippen LogP contribution < -0.4 is 0 Å². The highest BCUT2D eigenvalue weighted by Gasteiger charge is 2.37. The molecule has 1 unspecified atom stereocenters. The van der Waals surface area contributed by atoms with E-state index in [0.717, 1.165) is 6.92 Å². The van der Waals surface area contributed by atoms with Crippen molar-refractivity contribution in [1.29, 1.82) is 0 Å². The van der Waals surface area contributed by atoms with E-state index < -0.39 is 25.2 Å². The zero-order valence-electron chi connectivity index (χ0n) is 5.00. The van der Waals surface area contributed by atoms with Crippen molar-refractivity contribution in [2.45, 2.75) is 25.4 Å². The van der Waals surface area contributed by atoms with Crippen molar-refractivity contribution < 1.29 is 17.6 Å². The predicted molar refractivity (Wildman–Crippen MR) is 26.1 cm³/mol. The van der Waals surface area contributed by atoms with Crippen LogP contribution in [0.4, 0.5) is 17.6 Å². The van der Waals surface area contributed by atoms with Gasteiger partial charge in [-0.05, 0) is 0 Å². The Morgan fingerprint density at radius 2 is 1.89 bits per heavy atom. The first kappa shape index (κ1) is 8.72. The highest BCUT2D eigenvalue weighted by atomic mass is 19.3. The van der Waals surface area contributed by atoms with Crippen LogP contribution >= 0.6 is 0 Å².